The third kappa shape index (κ3) is 5.35. The molecule has 3 aromatic rings. The van der Waals surface area contributed by atoms with E-state index in [1.165, 1.54) is 0 Å². The van der Waals surface area contributed by atoms with Crippen LogP contribution in [0.15, 0.2) is 47.0 Å². The monoisotopic (exact) mass is 407 g/mol. The summed E-state index contributed by atoms with van der Waals surface area (Å²) >= 11 is 0. The van der Waals surface area contributed by atoms with Gasteiger partial charge < -0.3 is 18.7 Å². The Hall–Kier alpha value is -3.86. The molecule has 0 aliphatic heterocycles. The summed E-state index contributed by atoms with van der Waals surface area (Å²) in [5.74, 6) is 1.92. The smallest absolute Gasteiger partial charge is 0.311 e. The molecule has 2 aromatic carbocycles. The van der Waals surface area contributed by atoms with E-state index in [1.54, 1.807) is 25.3 Å². The minimum absolute atomic E-state index is 0.172. The van der Waals surface area contributed by atoms with Crippen molar-refractivity contribution in [1.82, 2.24) is 10.1 Å². The largest absolute Gasteiger partial charge is 0.497 e. The summed E-state index contributed by atoms with van der Waals surface area (Å²) in [4.78, 5) is 16.5. The van der Waals surface area contributed by atoms with Crippen molar-refractivity contribution in [2.24, 2.45) is 0 Å². The van der Waals surface area contributed by atoms with Gasteiger partial charge in [-0.3, -0.25) is 4.79 Å². The van der Waals surface area contributed by atoms with Crippen LogP contribution in [-0.4, -0.2) is 29.8 Å². The van der Waals surface area contributed by atoms with E-state index in [9.17, 15) is 4.79 Å². The molecule has 0 atom stereocenters. The maximum absolute atomic E-state index is 12.2. The van der Waals surface area contributed by atoms with Gasteiger partial charge in [0.15, 0.2) is 11.5 Å². The van der Waals surface area contributed by atoms with Crippen molar-refractivity contribution in [3.63, 3.8) is 0 Å². The zero-order valence-electron chi connectivity index (χ0n) is 16.8. The van der Waals surface area contributed by atoms with Crippen LogP contribution in [0.25, 0.3) is 11.4 Å². The van der Waals surface area contributed by atoms with Gasteiger partial charge in [0.05, 0.1) is 25.3 Å². The number of hydrogen-bond donors (Lipinski definition) is 0. The Balaban J connectivity index is 1.53. The van der Waals surface area contributed by atoms with Gasteiger partial charge in [-0.1, -0.05) is 5.16 Å². The topological polar surface area (TPSA) is 107 Å². The fourth-order valence-corrected chi connectivity index (χ4v) is 2.70. The Kier molecular flexibility index (Phi) is 7.00. The third-order valence-corrected chi connectivity index (χ3v) is 4.18. The first-order valence-electron chi connectivity index (χ1n) is 9.47. The molecule has 0 N–H and O–H groups in total. The molecule has 0 bridgehead atoms. The van der Waals surface area contributed by atoms with E-state index in [1.807, 2.05) is 37.3 Å². The number of esters is 1. The lowest BCUT2D eigenvalue weighted by Crippen LogP contribution is -2.09. The van der Waals surface area contributed by atoms with Gasteiger partial charge in [0.2, 0.25) is 11.7 Å². The molecule has 0 spiro atoms. The normalized spacial score (nSPS) is 10.3. The number of aryl methyl sites for hydroxylation is 1. The SMILES string of the molecule is CCOc1cc(C#N)ccc1OC(=O)CCCc1nc(-c2ccc(OC)cc2)no1. The van der Waals surface area contributed by atoms with Gasteiger partial charge in [0.1, 0.15) is 5.75 Å². The van der Waals surface area contributed by atoms with Gasteiger partial charge in [-0.05, 0) is 49.7 Å². The highest BCUT2D eigenvalue weighted by Gasteiger charge is 2.13. The summed E-state index contributed by atoms with van der Waals surface area (Å²) in [6.45, 7) is 2.21. The maximum atomic E-state index is 12.2. The van der Waals surface area contributed by atoms with Crippen LogP contribution in [0.2, 0.25) is 0 Å². The van der Waals surface area contributed by atoms with Crippen molar-refractivity contribution in [3.05, 3.63) is 53.9 Å². The first-order valence-corrected chi connectivity index (χ1v) is 9.47. The summed E-state index contributed by atoms with van der Waals surface area (Å²) in [7, 11) is 1.60. The lowest BCUT2D eigenvalue weighted by molar-refractivity contribution is -0.134. The molecule has 0 radical (unpaired) electrons. The number of hydrogen-bond acceptors (Lipinski definition) is 8. The summed E-state index contributed by atoms with van der Waals surface area (Å²) in [6, 6.07) is 14.0. The van der Waals surface area contributed by atoms with Crippen LogP contribution < -0.4 is 14.2 Å². The van der Waals surface area contributed by atoms with E-state index >= 15 is 0 Å². The van der Waals surface area contributed by atoms with Gasteiger partial charge in [-0.25, -0.2) is 0 Å². The number of rotatable bonds is 9. The highest BCUT2D eigenvalue weighted by molar-refractivity contribution is 5.73. The molecular weight excluding hydrogens is 386 g/mol. The van der Waals surface area contributed by atoms with E-state index in [2.05, 4.69) is 10.1 Å². The number of carbonyl (C=O) groups excluding carboxylic acids is 1. The predicted octanol–water partition coefficient (Wildman–Crippen LogP) is 3.94. The standard InChI is InChI=1S/C22H21N3O5/c1-3-28-19-13-15(14-23)7-12-18(19)29-21(26)6-4-5-20-24-22(25-30-20)16-8-10-17(27-2)11-9-16/h7-13H,3-6H2,1-2H3. The first kappa shape index (κ1) is 20.9. The first-order chi connectivity index (χ1) is 14.6. The molecule has 0 saturated carbocycles. The van der Waals surface area contributed by atoms with Crippen LogP contribution in [0.4, 0.5) is 0 Å². The molecule has 0 amide bonds. The highest BCUT2D eigenvalue weighted by atomic mass is 16.6. The van der Waals surface area contributed by atoms with E-state index in [0.29, 0.717) is 48.2 Å². The minimum Gasteiger partial charge on any atom is -0.497 e. The molecule has 0 aliphatic carbocycles. The van der Waals surface area contributed by atoms with Crippen LogP contribution in [0.5, 0.6) is 17.2 Å². The van der Waals surface area contributed by atoms with Gasteiger partial charge in [-0.15, -0.1) is 0 Å². The van der Waals surface area contributed by atoms with E-state index in [-0.39, 0.29) is 6.42 Å². The van der Waals surface area contributed by atoms with Crippen LogP contribution >= 0.6 is 0 Å². The fraction of sp³-hybridized carbons (Fsp3) is 0.273. The number of benzene rings is 2. The highest BCUT2D eigenvalue weighted by Crippen LogP contribution is 2.29. The number of aromatic nitrogens is 2. The van der Waals surface area contributed by atoms with Gasteiger partial charge >= 0.3 is 5.97 Å². The molecule has 154 valence electrons. The third-order valence-electron chi connectivity index (χ3n) is 4.18. The maximum Gasteiger partial charge on any atom is 0.311 e. The van der Waals surface area contributed by atoms with Crippen molar-refractivity contribution < 1.29 is 23.5 Å². The lowest BCUT2D eigenvalue weighted by Gasteiger charge is -2.10. The number of nitrogens with zero attached hydrogens (tertiary/aromatic N) is 3. The lowest BCUT2D eigenvalue weighted by atomic mass is 10.2. The molecule has 1 aromatic heterocycles. The second-order valence-corrected chi connectivity index (χ2v) is 6.27. The Morgan fingerprint density at radius 1 is 1.17 bits per heavy atom. The van der Waals surface area contributed by atoms with Crippen LogP contribution in [0.3, 0.4) is 0 Å². The minimum atomic E-state index is -0.407. The molecule has 0 unspecified atom stereocenters. The summed E-state index contributed by atoms with van der Waals surface area (Å²) < 4.78 is 21.2. The summed E-state index contributed by atoms with van der Waals surface area (Å²) in [5, 5.41) is 13.0. The molecule has 0 saturated heterocycles. The van der Waals surface area contributed by atoms with Crippen LogP contribution in [0, 0.1) is 11.3 Å². The van der Waals surface area contributed by atoms with Crippen molar-refractivity contribution in [3.8, 4) is 34.7 Å². The van der Waals surface area contributed by atoms with Crippen molar-refractivity contribution >= 4 is 5.97 Å². The summed E-state index contributed by atoms with van der Waals surface area (Å²) in [5.41, 5.74) is 1.25. The van der Waals surface area contributed by atoms with Crippen molar-refractivity contribution in [2.75, 3.05) is 13.7 Å². The Bertz CT molecular complexity index is 1040. The predicted molar refractivity (Wildman–Crippen MR) is 107 cm³/mol. The van der Waals surface area contributed by atoms with E-state index < -0.39 is 5.97 Å². The average molecular weight is 407 g/mol. The zero-order chi connectivity index (χ0) is 21.3. The van der Waals surface area contributed by atoms with Gasteiger partial charge in [0, 0.05) is 24.5 Å². The van der Waals surface area contributed by atoms with Crippen molar-refractivity contribution in [2.45, 2.75) is 26.2 Å². The molecule has 8 heteroatoms. The number of methoxy groups -OCH3 is 1. The van der Waals surface area contributed by atoms with E-state index in [0.717, 1.165) is 11.3 Å². The van der Waals surface area contributed by atoms with E-state index in [4.69, 9.17) is 24.0 Å². The van der Waals surface area contributed by atoms with Crippen LogP contribution in [-0.2, 0) is 11.2 Å². The van der Waals surface area contributed by atoms with Gasteiger partial charge in [0.25, 0.3) is 0 Å². The Morgan fingerprint density at radius 3 is 2.67 bits per heavy atom. The average Bonchev–Trinajstić information content (AvgIpc) is 3.24. The number of carbonyl (C=O) groups is 1. The molecular formula is C22H21N3O5. The molecule has 30 heavy (non-hydrogen) atoms. The molecule has 1 heterocycles. The molecule has 3 rings (SSSR count). The second-order valence-electron chi connectivity index (χ2n) is 6.27. The Morgan fingerprint density at radius 2 is 1.97 bits per heavy atom. The molecule has 0 fully saturated rings. The van der Waals surface area contributed by atoms with Crippen molar-refractivity contribution in [1.29, 1.82) is 5.26 Å². The quantitative estimate of drug-likeness (QED) is 0.388. The van der Waals surface area contributed by atoms with Crippen LogP contribution in [0.1, 0.15) is 31.2 Å². The Labute approximate surface area is 174 Å². The van der Waals surface area contributed by atoms with Gasteiger partial charge in [-0.2, -0.15) is 10.2 Å². The molecule has 8 nitrogen and oxygen atoms in total. The fourth-order valence-electron chi connectivity index (χ4n) is 2.70. The summed E-state index contributed by atoms with van der Waals surface area (Å²) in [6.07, 6.45) is 1.11. The number of ether oxygens (including phenoxy) is 3. The second kappa shape index (κ2) is 10.1. The number of nitriles is 1. The molecule has 0 aliphatic rings. The zero-order valence-corrected chi connectivity index (χ0v) is 16.8.